The standard InChI is InChI=1S/C14H20N2O/c1-2-5-13(6-3-1)16-9-4-7-14(12-16)11-15-8-10-17-14/h1-3,5-6,15H,4,7-12H2/t14-/m1/s1. The van der Waals surface area contributed by atoms with Crippen molar-refractivity contribution < 1.29 is 4.74 Å². The molecule has 17 heavy (non-hydrogen) atoms. The molecule has 1 atom stereocenters. The number of piperidine rings is 1. The summed E-state index contributed by atoms with van der Waals surface area (Å²) in [5.41, 5.74) is 1.37. The number of nitrogens with one attached hydrogen (secondary N) is 1. The van der Waals surface area contributed by atoms with Gasteiger partial charge in [0.2, 0.25) is 0 Å². The van der Waals surface area contributed by atoms with Crippen LogP contribution in [0.4, 0.5) is 5.69 Å². The van der Waals surface area contributed by atoms with E-state index in [-0.39, 0.29) is 5.60 Å². The zero-order valence-electron chi connectivity index (χ0n) is 10.2. The number of hydrogen-bond acceptors (Lipinski definition) is 3. The van der Waals surface area contributed by atoms with Crippen LogP contribution in [0.15, 0.2) is 30.3 Å². The van der Waals surface area contributed by atoms with Crippen molar-refractivity contribution in [2.45, 2.75) is 18.4 Å². The smallest absolute Gasteiger partial charge is 0.0981 e. The van der Waals surface area contributed by atoms with Crippen LogP contribution in [0.1, 0.15) is 12.8 Å². The molecule has 1 aromatic rings. The minimum Gasteiger partial charge on any atom is -0.371 e. The molecule has 0 aromatic heterocycles. The molecule has 2 fully saturated rings. The first kappa shape index (κ1) is 11.1. The molecule has 2 aliphatic rings. The maximum absolute atomic E-state index is 6.05. The van der Waals surface area contributed by atoms with Gasteiger partial charge >= 0.3 is 0 Å². The highest BCUT2D eigenvalue weighted by Gasteiger charge is 2.37. The number of hydrogen-bond donors (Lipinski definition) is 1. The molecule has 0 saturated carbocycles. The van der Waals surface area contributed by atoms with E-state index in [1.165, 1.54) is 18.5 Å². The Bertz CT molecular complexity index is 354. The number of ether oxygens (including phenoxy) is 1. The Kier molecular flexibility index (Phi) is 3.04. The molecule has 2 heterocycles. The lowest BCUT2D eigenvalue weighted by Gasteiger charge is -2.45. The molecular weight excluding hydrogens is 212 g/mol. The predicted octanol–water partition coefficient (Wildman–Crippen LogP) is 1.65. The zero-order valence-corrected chi connectivity index (χ0v) is 10.2. The second kappa shape index (κ2) is 4.67. The predicted molar refractivity (Wildman–Crippen MR) is 69.4 cm³/mol. The van der Waals surface area contributed by atoms with Gasteiger partial charge in [-0.05, 0) is 25.0 Å². The highest BCUT2D eigenvalue weighted by Crippen LogP contribution is 2.29. The van der Waals surface area contributed by atoms with E-state index in [4.69, 9.17) is 4.74 Å². The Labute approximate surface area is 103 Å². The first-order valence-electron chi connectivity index (χ1n) is 6.53. The highest BCUT2D eigenvalue weighted by molar-refractivity contribution is 5.47. The molecule has 0 aliphatic carbocycles. The first-order valence-corrected chi connectivity index (χ1v) is 6.53. The summed E-state index contributed by atoms with van der Waals surface area (Å²) in [6, 6.07) is 10.7. The van der Waals surface area contributed by atoms with Gasteiger partial charge in [-0.15, -0.1) is 0 Å². The first-order chi connectivity index (χ1) is 8.38. The van der Waals surface area contributed by atoms with Crippen molar-refractivity contribution in [3.05, 3.63) is 30.3 Å². The fraction of sp³-hybridized carbons (Fsp3) is 0.571. The molecule has 0 amide bonds. The molecule has 0 unspecified atom stereocenters. The van der Waals surface area contributed by atoms with Crippen LogP contribution in [-0.2, 0) is 4.74 Å². The second-order valence-electron chi connectivity index (χ2n) is 5.07. The van der Waals surface area contributed by atoms with Crippen LogP contribution in [0.25, 0.3) is 0 Å². The third-order valence-corrected chi connectivity index (χ3v) is 3.80. The summed E-state index contributed by atoms with van der Waals surface area (Å²) in [4.78, 5) is 2.45. The van der Waals surface area contributed by atoms with Crippen molar-refractivity contribution in [3.63, 3.8) is 0 Å². The molecule has 1 spiro atoms. The van der Waals surface area contributed by atoms with Crippen LogP contribution < -0.4 is 10.2 Å². The minimum absolute atomic E-state index is 0.0480. The van der Waals surface area contributed by atoms with E-state index in [9.17, 15) is 0 Å². The zero-order chi connectivity index (χ0) is 11.6. The summed E-state index contributed by atoms with van der Waals surface area (Å²) in [5.74, 6) is 0. The van der Waals surface area contributed by atoms with Crippen LogP contribution in [0, 0.1) is 0 Å². The van der Waals surface area contributed by atoms with Crippen LogP contribution in [0.2, 0.25) is 0 Å². The van der Waals surface area contributed by atoms with Crippen molar-refractivity contribution in [3.8, 4) is 0 Å². The molecule has 2 saturated heterocycles. The van der Waals surface area contributed by atoms with E-state index < -0.39 is 0 Å². The van der Waals surface area contributed by atoms with Gasteiger partial charge in [-0.1, -0.05) is 18.2 Å². The highest BCUT2D eigenvalue weighted by atomic mass is 16.5. The van der Waals surface area contributed by atoms with E-state index in [1.807, 2.05) is 0 Å². The number of rotatable bonds is 1. The average Bonchev–Trinajstić information content (AvgIpc) is 2.41. The van der Waals surface area contributed by atoms with Crippen molar-refractivity contribution in [2.24, 2.45) is 0 Å². The molecule has 0 bridgehead atoms. The summed E-state index contributed by atoms with van der Waals surface area (Å²) in [6.07, 6.45) is 2.40. The number of benzene rings is 1. The normalized spacial score (nSPS) is 29.5. The van der Waals surface area contributed by atoms with Gasteiger partial charge in [-0.25, -0.2) is 0 Å². The van der Waals surface area contributed by atoms with E-state index in [0.717, 1.165) is 32.8 Å². The molecular formula is C14H20N2O. The quantitative estimate of drug-likeness (QED) is 0.796. The van der Waals surface area contributed by atoms with Gasteiger partial charge in [0.1, 0.15) is 0 Å². The minimum atomic E-state index is 0.0480. The lowest BCUT2D eigenvalue weighted by Crippen LogP contribution is -2.58. The fourth-order valence-corrected chi connectivity index (χ4v) is 2.93. The maximum Gasteiger partial charge on any atom is 0.0981 e. The van der Waals surface area contributed by atoms with E-state index in [0.29, 0.717) is 0 Å². The molecule has 92 valence electrons. The van der Waals surface area contributed by atoms with Crippen molar-refractivity contribution in [1.82, 2.24) is 5.32 Å². The Morgan fingerprint density at radius 3 is 2.88 bits per heavy atom. The molecule has 3 rings (SSSR count). The van der Waals surface area contributed by atoms with E-state index >= 15 is 0 Å². The van der Waals surface area contributed by atoms with Crippen molar-refractivity contribution >= 4 is 5.69 Å². The van der Waals surface area contributed by atoms with Gasteiger partial charge in [0, 0.05) is 31.9 Å². The van der Waals surface area contributed by atoms with Gasteiger partial charge < -0.3 is 15.0 Å². The number of para-hydroxylation sites is 1. The summed E-state index contributed by atoms with van der Waals surface area (Å²) < 4.78 is 6.05. The summed E-state index contributed by atoms with van der Waals surface area (Å²) in [6.45, 7) is 5.01. The Hall–Kier alpha value is -1.06. The fourth-order valence-electron chi connectivity index (χ4n) is 2.93. The molecule has 1 N–H and O–H groups in total. The molecule has 0 radical (unpaired) electrons. The Morgan fingerprint density at radius 1 is 1.24 bits per heavy atom. The average molecular weight is 232 g/mol. The SMILES string of the molecule is c1ccc(N2CCC[C@@]3(CNCCO3)C2)cc1. The monoisotopic (exact) mass is 232 g/mol. The third-order valence-electron chi connectivity index (χ3n) is 3.80. The maximum atomic E-state index is 6.05. The van der Waals surface area contributed by atoms with Gasteiger partial charge in [0.15, 0.2) is 0 Å². The van der Waals surface area contributed by atoms with Crippen molar-refractivity contribution in [2.75, 3.05) is 37.7 Å². The van der Waals surface area contributed by atoms with Crippen molar-refractivity contribution in [1.29, 1.82) is 0 Å². The van der Waals surface area contributed by atoms with Gasteiger partial charge in [-0.2, -0.15) is 0 Å². The summed E-state index contributed by atoms with van der Waals surface area (Å²) >= 11 is 0. The molecule has 1 aromatic carbocycles. The number of nitrogens with zero attached hydrogens (tertiary/aromatic N) is 1. The van der Waals surface area contributed by atoms with Gasteiger partial charge in [0.05, 0.1) is 12.2 Å². The van der Waals surface area contributed by atoms with Gasteiger partial charge in [0.25, 0.3) is 0 Å². The lowest BCUT2D eigenvalue weighted by atomic mass is 9.91. The van der Waals surface area contributed by atoms with Crippen LogP contribution in [-0.4, -0.2) is 38.4 Å². The molecule has 3 heteroatoms. The summed E-state index contributed by atoms with van der Waals surface area (Å²) in [5, 5.41) is 3.47. The Balaban J connectivity index is 1.75. The van der Waals surface area contributed by atoms with Gasteiger partial charge in [-0.3, -0.25) is 0 Å². The topological polar surface area (TPSA) is 24.5 Å². The second-order valence-corrected chi connectivity index (χ2v) is 5.07. The molecule has 3 nitrogen and oxygen atoms in total. The number of morpholine rings is 1. The Morgan fingerprint density at radius 2 is 2.12 bits per heavy atom. The van der Waals surface area contributed by atoms with Crippen LogP contribution in [0.5, 0.6) is 0 Å². The van der Waals surface area contributed by atoms with E-state index in [1.54, 1.807) is 0 Å². The van der Waals surface area contributed by atoms with E-state index in [2.05, 4.69) is 40.5 Å². The van der Waals surface area contributed by atoms with Crippen LogP contribution in [0.3, 0.4) is 0 Å². The largest absolute Gasteiger partial charge is 0.371 e. The molecule has 2 aliphatic heterocycles. The lowest BCUT2D eigenvalue weighted by molar-refractivity contribution is -0.0725. The van der Waals surface area contributed by atoms with Crippen LogP contribution >= 0.6 is 0 Å². The number of anilines is 1. The summed E-state index contributed by atoms with van der Waals surface area (Å²) in [7, 11) is 0. The third kappa shape index (κ3) is 2.31.